The molecule has 1 aromatic carbocycles. The molecule has 2 N–H and O–H groups in total. The number of amides is 1. The number of carbonyl (C=O) groups excluding carboxylic acids is 2. The van der Waals surface area contributed by atoms with Crippen molar-refractivity contribution in [2.24, 2.45) is 0 Å². The molecule has 0 fully saturated rings. The molecule has 0 spiro atoms. The highest BCUT2D eigenvalue weighted by Crippen LogP contribution is 2.08. The van der Waals surface area contributed by atoms with Crippen molar-refractivity contribution in [3.05, 3.63) is 77.6 Å². The fraction of sp³-hybridized carbons (Fsp3) is 0. The van der Waals surface area contributed by atoms with Gasteiger partial charge < -0.3 is 0 Å². The highest BCUT2D eigenvalue weighted by atomic mass is 16.5. The number of allylic oxidation sites excluding steroid dienone is 1. The number of ketones is 1. The molecule has 0 aliphatic rings. The van der Waals surface area contributed by atoms with Crippen LogP contribution in [-0.4, -0.2) is 21.9 Å². The first kappa shape index (κ1) is 15.3. The summed E-state index contributed by atoms with van der Waals surface area (Å²) >= 11 is 0. The Morgan fingerprint density at radius 3 is 2.55 bits per heavy atom. The van der Waals surface area contributed by atoms with Crippen molar-refractivity contribution in [3.8, 4) is 0 Å². The van der Waals surface area contributed by atoms with Crippen LogP contribution in [0.5, 0.6) is 0 Å². The molecule has 0 saturated carbocycles. The van der Waals surface area contributed by atoms with E-state index in [2.05, 4.69) is 4.98 Å². The Labute approximate surface area is 127 Å². The van der Waals surface area contributed by atoms with E-state index in [1.165, 1.54) is 17.6 Å². The molecule has 0 saturated heterocycles. The lowest BCUT2D eigenvalue weighted by Gasteiger charge is -1.97. The van der Waals surface area contributed by atoms with Crippen LogP contribution in [-0.2, 0) is 4.79 Å². The molecule has 0 atom stereocenters. The maximum Gasteiger partial charge on any atom is 0.267 e. The number of nitrogens with zero attached hydrogens (tertiary/aromatic N) is 1. The molecule has 0 bridgehead atoms. The maximum atomic E-state index is 12.0. The highest BCUT2D eigenvalue weighted by Gasteiger charge is 2.00. The Kier molecular flexibility index (Phi) is 5.34. The van der Waals surface area contributed by atoms with Crippen LogP contribution in [0, 0.1) is 0 Å². The molecule has 1 amide bonds. The minimum Gasteiger partial charge on any atom is -0.289 e. The monoisotopic (exact) mass is 294 g/mol. The fourth-order valence-corrected chi connectivity index (χ4v) is 1.73. The first-order valence-corrected chi connectivity index (χ1v) is 6.55. The molecule has 2 aromatic rings. The van der Waals surface area contributed by atoms with Crippen LogP contribution in [0.2, 0.25) is 0 Å². The number of carbonyl (C=O) groups is 2. The summed E-state index contributed by atoms with van der Waals surface area (Å²) in [6.45, 7) is 0. The van der Waals surface area contributed by atoms with Gasteiger partial charge in [-0.1, -0.05) is 36.4 Å². The summed E-state index contributed by atoms with van der Waals surface area (Å²) in [4.78, 5) is 26.9. The zero-order valence-corrected chi connectivity index (χ0v) is 11.6. The van der Waals surface area contributed by atoms with Crippen LogP contribution in [0.15, 0.2) is 60.8 Å². The van der Waals surface area contributed by atoms with Gasteiger partial charge in [0.2, 0.25) is 0 Å². The van der Waals surface area contributed by atoms with Crippen LogP contribution < -0.4 is 5.48 Å². The summed E-state index contributed by atoms with van der Waals surface area (Å²) in [6, 6.07) is 12.4. The minimum absolute atomic E-state index is 0.0887. The molecule has 22 heavy (non-hydrogen) atoms. The van der Waals surface area contributed by atoms with Crippen LogP contribution in [0.25, 0.3) is 12.2 Å². The molecular weight excluding hydrogens is 280 g/mol. The second kappa shape index (κ2) is 7.66. The summed E-state index contributed by atoms with van der Waals surface area (Å²) in [7, 11) is 0. The third-order valence-electron chi connectivity index (χ3n) is 2.81. The van der Waals surface area contributed by atoms with Crippen molar-refractivity contribution in [2.75, 3.05) is 0 Å². The van der Waals surface area contributed by atoms with Gasteiger partial charge in [0.05, 0.1) is 5.69 Å². The first-order chi connectivity index (χ1) is 10.7. The zero-order chi connectivity index (χ0) is 15.8. The van der Waals surface area contributed by atoms with E-state index < -0.39 is 5.91 Å². The van der Waals surface area contributed by atoms with E-state index in [1.807, 2.05) is 18.2 Å². The molecule has 0 aliphatic carbocycles. The molecule has 0 radical (unpaired) electrons. The van der Waals surface area contributed by atoms with E-state index >= 15 is 0 Å². The Morgan fingerprint density at radius 1 is 1.05 bits per heavy atom. The first-order valence-electron chi connectivity index (χ1n) is 6.55. The van der Waals surface area contributed by atoms with Gasteiger partial charge in [-0.3, -0.25) is 19.8 Å². The van der Waals surface area contributed by atoms with Crippen molar-refractivity contribution >= 4 is 23.8 Å². The van der Waals surface area contributed by atoms with Gasteiger partial charge in [0.15, 0.2) is 5.78 Å². The van der Waals surface area contributed by atoms with Crippen LogP contribution in [0.1, 0.15) is 21.6 Å². The second-order valence-corrected chi connectivity index (χ2v) is 4.39. The molecule has 1 aromatic heterocycles. The number of nitrogens with one attached hydrogen (secondary N) is 1. The van der Waals surface area contributed by atoms with E-state index in [9.17, 15) is 9.59 Å². The molecule has 0 unspecified atom stereocenters. The van der Waals surface area contributed by atoms with Gasteiger partial charge in [0.25, 0.3) is 5.91 Å². The van der Waals surface area contributed by atoms with Gasteiger partial charge in [0.1, 0.15) is 0 Å². The smallest absolute Gasteiger partial charge is 0.267 e. The Hall–Kier alpha value is -3.05. The lowest BCUT2D eigenvalue weighted by Crippen LogP contribution is -2.14. The molecule has 110 valence electrons. The highest BCUT2D eigenvalue weighted by molar-refractivity contribution is 6.06. The third kappa shape index (κ3) is 4.50. The number of hydrogen-bond donors (Lipinski definition) is 2. The molecular formula is C17H14N2O3. The summed E-state index contributed by atoms with van der Waals surface area (Å²) in [6.07, 6.45) is 7.36. The van der Waals surface area contributed by atoms with E-state index in [-0.39, 0.29) is 5.78 Å². The van der Waals surface area contributed by atoms with Gasteiger partial charge >= 0.3 is 0 Å². The number of pyridine rings is 1. The quantitative estimate of drug-likeness (QED) is 0.384. The molecule has 2 rings (SSSR count). The minimum atomic E-state index is -0.637. The summed E-state index contributed by atoms with van der Waals surface area (Å²) < 4.78 is 0. The number of aromatic nitrogens is 1. The van der Waals surface area contributed by atoms with Crippen LogP contribution in [0.3, 0.4) is 0 Å². The van der Waals surface area contributed by atoms with E-state index in [0.29, 0.717) is 11.3 Å². The summed E-state index contributed by atoms with van der Waals surface area (Å²) in [5.74, 6) is -0.726. The molecule has 0 aliphatic heterocycles. The number of benzene rings is 1. The largest absolute Gasteiger partial charge is 0.289 e. The van der Waals surface area contributed by atoms with Gasteiger partial charge in [-0.15, -0.1) is 0 Å². The standard InChI is InChI=1S/C17H14N2O3/c20-16(14-4-2-1-3-5-14)8-6-13-10-11-18-15(12-13)7-9-17(21)19-22/h1-12,22H,(H,19,21)/b8-6+,9-7+. The second-order valence-electron chi connectivity index (χ2n) is 4.39. The van der Waals surface area contributed by atoms with Crippen molar-refractivity contribution in [1.29, 1.82) is 0 Å². The summed E-state index contributed by atoms with van der Waals surface area (Å²) in [5, 5.41) is 8.40. The normalized spacial score (nSPS) is 11.0. The van der Waals surface area contributed by atoms with Crippen LogP contribution >= 0.6 is 0 Å². The number of hydrogen-bond acceptors (Lipinski definition) is 4. The lowest BCUT2D eigenvalue weighted by molar-refractivity contribution is -0.124. The topological polar surface area (TPSA) is 79.3 Å². The fourth-order valence-electron chi connectivity index (χ4n) is 1.73. The zero-order valence-electron chi connectivity index (χ0n) is 11.6. The predicted molar refractivity (Wildman–Crippen MR) is 83.0 cm³/mol. The number of hydroxylamine groups is 1. The van der Waals surface area contributed by atoms with Crippen molar-refractivity contribution in [1.82, 2.24) is 10.5 Å². The molecule has 5 nitrogen and oxygen atoms in total. The Balaban J connectivity index is 2.10. The summed E-state index contributed by atoms with van der Waals surface area (Å²) in [5.41, 5.74) is 3.43. The van der Waals surface area contributed by atoms with E-state index in [4.69, 9.17) is 5.21 Å². The molecule has 5 heteroatoms. The van der Waals surface area contributed by atoms with E-state index in [0.717, 1.165) is 11.6 Å². The Morgan fingerprint density at radius 2 is 1.82 bits per heavy atom. The SMILES string of the molecule is O=C(/C=C/c1cc(/C=C/C(=O)c2ccccc2)ccn1)NO. The van der Waals surface area contributed by atoms with Crippen molar-refractivity contribution in [2.45, 2.75) is 0 Å². The van der Waals surface area contributed by atoms with Gasteiger partial charge in [-0.2, -0.15) is 0 Å². The van der Waals surface area contributed by atoms with E-state index in [1.54, 1.807) is 36.5 Å². The maximum absolute atomic E-state index is 12.0. The van der Waals surface area contributed by atoms with Crippen molar-refractivity contribution < 1.29 is 14.8 Å². The van der Waals surface area contributed by atoms with Crippen molar-refractivity contribution in [3.63, 3.8) is 0 Å². The number of rotatable bonds is 5. The van der Waals surface area contributed by atoms with Gasteiger partial charge in [-0.05, 0) is 29.8 Å². The average molecular weight is 294 g/mol. The van der Waals surface area contributed by atoms with Crippen LogP contribution in [0.4, 0.5) is 0 Å². The lowest BCUT2D eigenvalue weighted by atomic mass is 10.1. The third-order valence-corrected chi connectivity index (χ3v) is 2.81. The Bertz CT molecular complexity index is 722. The molecule has 1 heterocycles. The average Bonchev–Trinajstić information content (AvgIpc) is 2.58. The van der Waals surface area contributed by atoms with Gasteiger partial charge in [-0.25, -0.2) is 5.48 Å². The van der Waals surface area contributed by atoms with Gasteiger partial charge in [0, 0.05) is 17.8 Å². The predicted octanol–water partition coefficient (Wildman–Crippen LogP) is 2.50.